The smallest absolute Gasteiger partial charge is 0.305 e. The second-order valence-corrected chi connectivity index (χ2v) is 7.47. The van der Waals surface area contributed by atoms with E-state index in [1.807, 2.05) is 0 Å². The van der Waals surface area contributed by atoms with Crippen LogP contribution in [0.5, 0.6) is 0 Å². The zero-order valence-corrected chi connectivity index (χ0v) is 14.3. The van der Waals surface area contributed by atoms with Crippen molar-refractivity contribution in [3.63, 3.8) is 0 Å². The average molecular weight is 322 g/mol. The van der Waals surface area contributed by atoms with E-state index in [0.29, 0.717) is 18.3 Å². The molecule has 0 heterocycles. The van der Waals surface area contributed by atoms with Crippen LogP contribution < -0.4 is 0 Å². The molecule has 0 amide bonds. The molecule has 0 radical (unpaired) electrons. The van der Waals surface area contributed by atoms with Crippen LogP contribution in [0.1, 0.15) is 65.7 Å². The molecule has 0 saturated carbocycles. The van der Waals surface area contributed by atoms with Crippen LogP contribution in [0.25, 0.3) is 0 Å². The molecular weight excluding hydrogens is 292 g/mol. The van der Waals surface area contributed by atoms with Crippen LogP contribution in [0.3, 0.4) is 0 Å². The summed E-state index contributed by atoms with van der Waals surface area (Å²) < 4.78 is 34.3. The highest BCUT2D eigenvalue weighted by molar-refractivity contribution is 7.85. The van der Waals surface area contributed by atoms with Crippen molar-refractivity contribution in [3.8, 4) is 0 Å². The summed E-state index contributed by atoms with van der Waals surface area (Å²) in [5, 5.41) is 0. The zero-order valence-electron chi connectivity index (χ0n) is 13.5. The highest BCUT2D eigenvalue weighted by Crippen LogP contribution is 2.24. The Morgan fingerprint density at radius 2 is 1.76 bits per heavy atom. The Hall–Kier alpha value is -0.620. The SMILES string of the molecule is CCCCCC(CCCC(=O)OCCS(=O)(=O)O)C(C)C. The Morgan fingerprint density at radius 3 is 2.29 bits per heavy atom. The van der Waals surface area contributed by atoms with Gasteiger partial charge in [0.1, 0.15) is 12.4 Å². The summed E-state index contributed by atoms with van der Waals surface area (Å²) in [4.78, 5) is 11.4. The summed E-state index contributed by atoms with van der Waals surface area (Å²) in [6.07, 6.45) is 6.96. The monoisotopic (exact) mass is 322 g/mol. The molecule has 1 N–H and O–H groups in total. The van der Waals surface area contributed by atoms with E-state index in [4.69, 9.17) is 9.29 Å². The summed E-state index contributed by atoms with van der Waals surface area (Å²) in [6.45, 7) is 6.33. The third kappa shape index (κ3) is 12.8. The van der Waals surface area contributed by atoms with Gasteiger partial charge in [0.25, 0.3) is 10.1 Å². The molecule has 0 spiro atoms. The van der Waals surface area contributed by atoms with E-state index >= 15 is 0 Å². The van der Waals surface area contributed by atoms with Crippen molar-refractivity contribution in [3.05, 3.63) is 0 Å². The van der Waals surface area contributed by atoms with Gasteiger partial charge in [-0.3, -0.25) is 9.35 Å². The molecule has 0 bridgehead atoms. The predicted octanol–water partition coefficient (Wildman–Crippen LogP) is 3.44. The van der Waals surface area contributed by atoms with Gasteiger partial charge in [0, 0.05) is 6.42 Å². The molecule has 1 atom stereocenters. The minimum absolute atomic E-state index is 0.276. The van der Waals surface area contributed by atoms with Crippen LogP contribution in [0.4, 0.5) is 0 Å². The first-order chi connectivity index (χ1) is 9.76. The molecule has 0 fully saturated rings. The van der Waals surface area contributed by atoms with E-state index in [-0.39, 0.29) is 6.61 Å². The van der Waals surface area contributed by atoms with E-state index < -0.39 is 21.8 Å². The Kier molecular flexibility index (Phi) is 10.7. The van der Waals surface area contributed by atoms with Gasteiger partial charge in [-0.1, -0.05) is 46.5 Å². The van der Waals surface area contributed by atoms with Crippen molar-refractivity contribution < 1.29 is 22.5 Å². The van der Waals surface area contributed by atoms with Crippen molar-refractivity contribution >= 4 is 16.1 Å². The summed E-state index contributed by atoms with van der Waals surface area (Å²) in [5.74, 6) is 0.305. The zero-order chi connectivity index (χ0) is 16.3. The largest absolute Gasteiger partial charge is 0.464 e. The van der Waals surface area contributed by atoms with Crippen LogP contribution in [0.15, 0.2) is 0 Å². The van der Waals surface area contributed by atoms with Crippen LogP contribution in [-0.4, -0.2) is 31.3 Å². The van der Waals surface area contributed by atoms with Crippen molar-refractivity contribution in [2.75, 3.05) is 12.4 Å². The lowest BCUT2D eigenvalue weighted by atomic mass is 9.86. The number of esters is 1. The molecule has 0 aliphatic heterocycles. The van der Waals surface area contributed by atoms with Gasteiger partial charge in [-0.05, 0) is 24.7 Å². The quantitative estimate of drug-likeness (QED) is 0.338. The molecule has 0 aliphatic carbocycles. The summed E-state index contributed by atoms with van der Waals surface area (Å²) in [7, 11) is -4.06. The molecule has 1 unspecified atom stereocenters. The van der Waals surface area contributed by atoms with Gasteiger partial charge < -0.3 is 4.74 Å². The van der Waals surface area contributed by atoms with E-state index in [2.05, 4.69) is 20.8 Å². The Labute approximate surface area is 129 Å². The summed E-state index contributed by atoms with van der Waals surface area (Å²) in [5.41, 5.74) is 0. The molecule has 5 nitrogen and oxygen atoms in total. The minimum atomic E-state index is -4.06. The van der Waals surface area contributed by atoms with Gasteiger partial charge in [0.05, 0.1) is 0 Å². The highest BCUT2D eigenvalue weighted by atomic mass is 32.2. The lowest BCUT2D eigenvalue weighted by molar-refractivity contribution is -0.143. The molecule has 0 saturated heterocycles. The number of carbonyl (C=O) groups is 1. The summed E-state index contributed by atoms with van der Waals surface area (Å²) >= 11 is 0. The molecular formula is C15H30O5S. The molecule has 0 aromatic rings. The number of carbonyl (C=O) groups excluding carboxylic acids is 1. The first-order valence-corrected chi connectivity index (χ1v) is 9.48. The topological polar surface area (TPSA) is 80.7 Å². The fourth-order valence-electron chi connectivity index (χ4n) is 2.31. The molecule has 6 heteroatoms. The maximum atomic E-state index is 11.4. The maximum absolute atomic E-state index is 11.4. The summed E-state index contributed by atoms with van der Waals surface area (Å²) in [6, 6.07) is 0. The fraction of sp³-hybridized carbons (Fsp3) is 0.933. The van der Waals surface area contributed by atoms with Crippen LogP contribution in [0.2, 0.25) is 0 Å². The normalized spacial score (nSPS) is 13.4. The standard InChI is InChI=1S/C15H30O5S/c1-4-5-6-8-14(13(2)3)9-7-10-15(16)20-11-12-21(17,18)19/h13-14H,4-12H2,1-3H3,(H,17,18,19). The molecule has 0 aromatic heterocycles. The Morgan fingerprint density at radius 1 is 1.14 bits per heavy atom. The molecule has 126 valence electrons. The average Bonchev–Trinajstić information content (AvgIpc) is 2.35. The lowest BCUT2D eigenvalue weighted by Crippen LogP contribution is -2.15. The van der Waals surface area contributed by atoms with Crippen LogP contribution >= 0.6 is 0 Å². The fourth-order valence-corrected chi connectivity index (χ4v) is 2.60. The molecule has 0 aliphatic rings. The number of ether oxygens (including phenoxy) is 1. The van der Waals surface area contributed by atoms with Crippen molar-refractivity contribution in [1.29, 1.82) is 0 Å². The first kappa shape index (κ1) is 20.4. The van der Waals surface area contributed by atoms with Crippen LogP contribution in [0, 0.1) is 11.8 Å². The van der Waals surface area contributed by atoms with E-state index in [1.54, 1.807) is 0 Å². The number of unbranched alkanes of at least 4 members (excludes halogenated alkanes) is 2. The number of hydrogen-bond acceptors (Lipinski definition) is 4. The van der Waals surface area contributed by atoms with Gasteiger partial charge in [0.2, 0.25) is 0 Å². The third-order valence-electron chi connectivity index (χ3n) is 3.68. The van der Waals surface area contributed by atoms with E-state index in [0.717, 1.165) is 12.8 Å². The second-order valence-electron chi connectivity index (χ2n) is 5.90. The lowest BCUT2D eigenvalue weighted by Gasteiger charge is -2.20. The van der Waals surface area contributed by atoms with Gasteiger partial charge in [0.15, 0.2) is 0 Å². The minimum Gasteiger partial charge on any atom is -0.464 e. The predicted molar refractivity (Wildman–Crippen MR) is 83.7 cm³/mol. The first-order valence-electron chi connectivity index (χ1n) is 7.87. The number of hydrogen-bond donors (Lipinski definition) is 1. The van der Waals surface area contributed by atoms with Crippen molar-refractivity contribution in [2.45, 2.75) is 65.7 Å². The highest BCUT2D eigenvalue weighted by Gasteiger charge is 2.14. The number of rotatable bonds is 12. The Balaban J connectivity index is 3.84. The Bertz CT molecular complexity index is 376. The molecule has 0 aromatic carbocycles. The molecule has 21 heavy (non-hydrogen) atoms. The molecule has 0 rings (SSSR count). The van der Waals surface area contributed by atoms with Gasteiger partial charge in [-0.15, -0.1) is 0 Å². The third-order valence-corrected chi connectivity index (χ3v) is 4.36. The van der Waals surface area contributed by atoms with Gasteiger partial charge in [-0.2, -0.15) is 8.42 Å². The second kappa shape index (κ2) is 11.0. The maximum Gasteiger partial charge on any atom is 0.305 e. The van der Waals surface area contributed by atoms with Crippen molar-refractivity contribution in [2.24, 2.45) is 11.8 Å². The van der Waals surface area contributed by atoms with Crippen LogP contribution in [-0.2, 0) is 19.6 Å². The van der Waals surface area contributed by atoms with Crippen molar-refractivity contribution in [1.82, 2.24) is 0 Å². The van der Waals surface area contributed by atoms with E-state index in [1.165, 1.54) is 25.7 Å². The van der Waals surface area contributed by atoms with Gasteiger partial charge in [-0.25, -0.2) is 0 Å². The van der Waals surface area contributed by atoms with E-state index in [9.17, 15) is 13.2 Å². The van der Waals surface area contributed by atoms with Gasteiger partial charge >= 0.3 is 5.97 Å².